The first-order valence-corrected chi connectivity index (χ1v) is 9.78. The van der Waals surface area contributed by atoms with Gasteiger partial charge in [0.1, 0.15) is 0 Å². The molecule has 1 saturated heterocycles. The van der Waals surface area contributed by atoms with Gasteiger partial charge in [-0.1, -0.05) is 48.0 Å². The second-order valence-corrected chi connectivity index (χ2v) is 7.23. The number of piperazine rings is 1. The Kier molecular flexibility index (Phi) is 5.38. The highest BCUT2D eigenvalue weighted by Gasteiger charge is 2.25. The number of rotatable bonds is 4. The largest absolute Gasteiger partial charge is 0.368 e. The molecule has 0 aliphatic carbocycles. The van der Waals surface area contributed by atoms with Crippen molar-refractivity contribution in [3.63, 3.8) is 0 Å². The molecule has 4 rings (SSSR count). The van der Waals surface area contributed by atoms with E-state index in [0.717, 1.165) is 24.3 Å². The van der Waals surface area contributed by atoms with Gasteiger partial charge in [0.2, 0.25) is 0 Å². The van der Waals surface area contributed by atoms with Crippen LogP contribution in [0.4, 0.5) is 5.69 Å². The zero-order valence-electron chi connectivity index (χ0n) is 16.4. The maximum Gasteiger partial charge on any atom is 0.254 e. The van der Waals surface area contributed by atoms with Crippen LogP contribution in [0.15, 0.2) is 73.1 Å². The number of carbonyl (C=O) groups is 2. The molecule has 29 heavy (non-hydrogen) atoms. The summed E-state index contributed by atoms with van der Waals surface area (Å²) in [5.74, 6) is -0.209. The Labute approximate surface area is 170 Å². The van der Waals surface area contributed by atoms with E-state index in [-0.39, 0.29) is 11.7 Å². The van der Waals surface area contributed by atoms with E-state index in [0.29, 0.717) is 29.8 Å². The Morgan fingerprint density at radius 3 is 2.07 bits per heavy atom. The molecule has 0 N–H and O–H groups in total. The summed E-state index contributed by atoms with van der Waals surface area (Å²) in [4.78, 5) is 34.3. The fourth-order valence-corrected chi connectivity index (χ4v) is 3.62. The SMILES string of the molecule is Cc1ccc(C(=O)c2ccccc2C(=O)N2CCN(c3ccncc3)CC2)cc1. The third kappa shape index (κ3) is 4.04. The molecule has 1 amide bonds. The standard InChI is InChI=1S/C24H23N3O2/c1-18-6-8-19(9-7-18)23(28)21-4-2-3-5-22(21)24(29)27-16-14-26(15-17-27)20-10-12-25-13-11-20/h2-13H,14-17H2,1H3. The minimum Gasteiger partial charge on any atom is -0.368 e. The van der Waals surface area contributed by atoms with Gasteiger partial charge in [-0.05, 0) is 25.1 Å². The van der Waals surface area contributed by atoms with Gasteiger partial charge in [0.05, 0.1) is 5.56 Å². The molecular weight excluding hydrogens is 362 g/mol. The van der Waals surface area contributed by atoms with Crippen molar-refractivity contribution in [1.29, 1.82) is 0 Å². The van der Waals surface area contributed by atoms with Crippen LogP contribution in [0.1, 0.15) is 31.8 Å². The molecule has 1 aromatic heterocycles. The highest BCUT2D eigenvalue weighted by molar-refractivity contribution is 6.15. The average Bonchev–Trinajstić information content (AvgIpc) is 2.79. The van der Waals surface area contributed by atoms with Gasteiger partial charge in [0, 0.05) is 55.4 Å². The minimum atomic E-state index is -0.121. The summed E-state index contributed by atoms with van der Waals surface area (Å²) in [7, 11) is 0. The summed E-state index contributed by atoms with van der Waals surface area (Å²) in [6.07, 6.45) is 3.56. The summed E-state index contributed by atoms with van der Waals surface area (Å²) in [5, 5.41) is 0. The van der Waals surface area contributed by atoms with Crippen molar-refractivity contribution in [2.24, 2.45) is 0 Å². The summed E-state index contributed by atoms with van der Waals surface area (Å²) >= 11 is 0. The number of amides is 1. The van der Waals surface area contributed by atoms with Gasteiger partial charge in [-0.15, -0.1) is 0 Å². The predicted octanol–water partition coefficient (Wildman–Crippen LogP) is 3.58. The summed E-state index contributed by atoms with van der Waals surface area (Å²) in [6.45, 7) is 4.73. The second kappa shape index (κ2) is 8.27. The molecule has 2 aromatic carbocycles. The van der Waals surface area contributed by atoms with Gasteiger partial charge in [0.25, 0.3) is 5.91 Å². The molecule has 0 spiro atoms. The van der Waals surface area contributed by atoms with Crippen molar-refractivity contribution in [1.82, 2.24) is 9.88 Å². The summed E-state index contributed by atoms with van der Waals surface area (Å²) in [5.41, 5.74) is 3.73. The fourth-order valence-electron chi connectivity index (χ4n) is 3.62. The van der Waals surface area contributed by atoms with Crippen molar-refractivity contribution in [3.8, 4) is 0 Å². The van der Waals surface area contributed by atoms with Crippen LogP contribution in [0.5, 0.6) is 0 Å². The van der Waals surface area contributed by atoms with Crippen LogP contribution >= 0.6 is 0 Å². The first-order valence-electron chi connectivity index (χ1n) is 9.78. The Morgan fingerprint density at radius 2 is 1.41 bits per heavy atom. The van der Waals surface area contributed by atoms with E-state index >= 15 is 0 Å². The maximum absolute atomic E-state index is 13.2. The van der Waals surface area contributed by atoms with Crippen LogP contribution in [-0.4, -0.2) is 47.8 Å². The molecule has 5 nitrogen and oxygen atoms in total. The third-order valence-electron chi connectivity index (χ3n) is 5.31. The Balaban J connectivity index is 1.51. The molecular formula is C24H23N3O2. The lowest BCUT2D eigenvalue weighted by molar-refractivity contribution is 0.0742. The number of anilines is 1. The molecule has 0 unspecified atom stereocenters. The molecule has 146 valence electrons. The maximum atomic E-state index is 13.2. The Morgan fingerprint density at radius 1 is 0.793 bits per heavy atom. The molecule has 1 aliphatic rings. The molecule has 0 bridgehead atoms. The van der Waals surface area contributed by atoms with E-state index in [1.807, 2.05) is 54.3 Å². The number of hydrogen-bond donors (Lipinski definition) is 0. The first-order chi connectivity index (χ1) is 14.1. The van der Waals surface area contributed by atoms with E-state index in [1.165, 1.54) is 0 Å². The van der Waals surface area contributed by atoms with Crippen LogP contribution in [-0.2, 0) is 0 Å². The van der Waals surface area contributed by atoms with Crippen molar-refractivity contribution in [3.05, 3.63) is 95.3 Å². The molecule has 5 heteroatoms. The minimum absolute atomic E-state index is 0.0876. The number of nitrogens with zero attached hydrogens (tertiary/aromatic N) is 3. The lowest BCUT2D eigenvalue weighted by atomic mass is 9.97. The summed E-state index contributed by atoms with van der Waals surface area (Å²) in [6, 6.07) is 18.5. The number of pyridine rings is 1. The first kappa shape index (κ1) is 18.9. The topological polar surface area (TPSA) is 53.5 Å². The number of aryl methyl sites for hydroxylation is 1. The van der Waals surface area contributed by atoms with Crippen molar-refractivity contribution < 1.29 is 9.59 Å². The quantitative estimate of drug-likeness (QED) is 0.644. The number of hydrogen-bond acceptors (Lipinski definition) is 4. The van der Waals surface area contributed by atoms with Gasteiger partial charge in [-0.25, -0.2) is 0 Å². The molecule has 1 fully saturated rings. The number of benzene rings is 2. The smallest absolute Gasteiger partial charge is 0.254 e. The van der Waals surface area contributed by atoms with Gasteiger partial charge in [-0.2, -0.15) is 0 Å². The molecule has 0 radical (unpaired) electrons. The normalized spacial score (nSPS) is 14.0. The highest BCUT2D eigenvalue weighted by atomic mass is 16.2. The van der Waals surface area contributed by atoms with Crippen molar-refractivity contribution in [2.75, 3.05) is 31.1 Å². The fraction of sp³-hybridized carbons (Fsp3) is 0.208. The number of ketones is 1. The summed E-state index contributed by atoms with van der Waals surface area (Å²) < 4.78 is 0. The Bertz CT molecular complexity index is 1010. The highest BCUT2D eigenvalue weighted by Crippen LogP contribution is 2.20. The van der Waals surface area contributed by atoms with Gasteiger partial charge in [0.15, 0.2) is 5.78 Å². The van der Waals surface area contributed by atoms with Crippen LogP contribution in [0.3, 0.4) is 0 Å². The van der Waals surface area contributed by atoms with Crippen molar-refractivity contribution >= 4 is 17.4 Å². The van der Waals surface area contributed by atoms with Crippen LogP contribution in [0.2, 0.25) is 0 Å². The van der Waals surface area contributed by atoms with Crippen molar-refractivity contribution in [2.45, 2.75) is 6.92 Å². The molecule has 2 heterocycles. The van der Waals surface area contributed by atoms with E-state index in [4.69, 9.17) is 0 Å². The molecule has 0 atom stereocenters. The van der Waals surface area contributed by atoms with E-state index in [9.17, 15) is 9.59 Å². The van der Waals surface area contributed by atoms with Crippen LogP contribution < -0.4 is 4.90 Å². The number of aromatic nitrogens is 1. The lowest BCUT2D eigenvalue weighted by Gasteiger charge is -2.36. The number of carbonyl (C=O) groups excluding carboxylic acids is 2. The van der Waals surface area contributed by atoms with Crippen LogP contribution in [0.25, 0.3) is 0 Å². The predicted molar refractivity (Wildman–Crippen MR) is 113 cm³/mol. The van der Waals surface area contributed by atoms with Gasteiger partial charge < -0.3 is 9.80 Å². The van der Waals surface area contributed by atoms with E-state index in [1.54, 1.807) is 30.6 Å². The molecule has 0 saturated carbocycles. The zero-order chi connectivity index (χ0) is 20.2. The monoisotopic (exact) mass is 385 g/mol. The van der Waals surface area contributed by atoms with Gasteiger partial charge in [-0.3, -0.25) is 14.6 Å². The second-order valence-electron chi connectivity index (χ2n) is 7.23. The molecule has 1 aliphatic heterocycles. The van der Waals surface area contributed by atoms with Crippen LogP contribution in [0, 0.1) is 6.92 Å². The third-order valence-corrected chi connectivity index (χ3v) is 5.31. The van der Waals surface area contributed by atoms with E-state index < -0.39 is 0 Å². The molecule has 3 aromatic rings. The lowest BCUT2D eigenvalue weighted by Crippen LogP contribution is -2.49. The Hall–Kier alpha value is -3.47. The van der Waals surface area contributed by atoms with Gasteiger partial charge >= 0.3 is 0 Å². The average molecular weight is 385 g/mol. The zero-order valence-corrected chi connectivity index (χ0v) is 16.4. The van der Waals surface area contributed by atoms with E-state index in [2.05, 4.69) is 9.88 Å².